The summed E-state index contributed by atoms with van der Waals surface area (Å²) in [5.74, 6) is 2.75. The second-order valence-corrected chi connectivity index (χ2v) is 8.10. The van der Waals surface area contributed by atoms with Crippen LogP contribution in [0.1, 0.15) is 58.3 Å². The number of piperidine rings is 3. The van der Waals surface area contributed by atoms with Crippen LogP contribution in [0.25, 0.3) is 0 Å². The van der Waals surface area contributed by atoms with Crippen LogP contribution in [-0.2, 0) is 0 Å². The first-order valence-electron chi connectivity index (χ1n) is 9.52. The third-order valence-electron chi connectivity index (χ3n) is 6.31. The minimum Gasteiger partial charge on any atom is -0.362 e. The maximum absolute atomic E-state index is 5.48. The van der Waals surface area contributed by atoms with E-state index in [-0.39, 0.29) is 0 Å². The lowest BCUT2D eigenvalue weighted by Crippen LogP contribution is -2.57. The molecule has 3 aliphatic heterocycles. The highest BCUT2D eigenvalue weighted by molar-refractivity contribution is 7.80. The number of nitrogens with zero attached hydrogens (tertiary/aromatic N) is 1. The van der Waals surface area contributed by atoms with Crippen LogP contribution in [0, 0.1) is 17.8 Å². The van der Waals surface area contributed by atoms with Gasteiger partial charge in [0.2, 0.25) is 0 Å². The fourth-order valence-electron chi connectivity index (χ4n) is 4.83. The van der Waals surface area contributed by atoms with Gasteiger partial charge in [0.05, 0.1) is 0 Å². The van der Waals surface area contributed by atoms with E-state index in [0.717, 1.165) is 36.0 Å². The first-order valence-corrected chi connectivity index (χ1v) is 9.92. The van der Waals surface area contributed by atoms with Crippen molar-refractivity contribution < 1.29 is 0 Å². The van der Waals surface area contributed by atoms with Gasteiger partial charge in [0.1, 0.15) is 0 Å². The molecule has 22 heavy (non-hydrogen) atoms. The molecule has 4 rings (SSSR count). The van der Waals surface area contributed by atoms with Crippen LogP contribution in [0.2, 0.25) is 0 Å². The predicted octanol–water partition coefficient (Wildman–Crippen LogP) is 3.15. The second kappa shape index (κ2) is 7.96. The number of rotatable bonds is 5. The smallest absolute Gasteiger partial charge is 0.166 e. The number of hydrogen-bond acceptors (Lipinski definition) is 2. The van der Waals surface area contributed by atoms with Gasteiger partial charge in [0.25, 0.3) is 0 Å². The van der Waals surface area contributed by atoms with E-state index in [2.05, 4.69) is 22.5 Å². The van der Waals surface area contributed by atoms with E-state index >= 15 is 0 Å². The van der Waals surface area contributed by atoms with Crippen molar-refractivity contribution in [3.05, 3.63) is 0 Å². The molecule has 4 fully saturated rings. The average molecular weight is 324 g/mol. The van der Waals surface area contributed by atoms with Crippen LogP contribution in [-0.4, -0.2) is 42.2 Å². The quantitative estimate of drug-likeness (QED) is 0.760. The SMILES string of the molecule is CCC1CN2CCC1CC2CNC(=S)NCC1CCCCC1. The Morgan fingerprint density at radius 3 is 2.55 bits per heavy atom. The molecule has 1 aliphatic carbocycles. The third-order valence-corrected chi connectivity index (χ3v) is 6.60. The number of thiocarbonyl (C=S) groups is 1. The van der Waals surface area contributed by atoms with Crippen LogP contribution in [0.3, 0.4) is 0 Å². The molecule has 0 spiro atoms. The average Bonchev–Trinajstić information content (AvgIpc) is 2.59. The normalized spacial score (nSPS) is 35.3. The molecule has 0 radical (unpaired) electrons. The van der Waals surface area contributed by atoms with Crippen molar-refractivity contribution in [3.8, 4) is 0 Å². The van der Waals surface area contributed by atoms with Crippen LogP contribution >= 0.6 is 12.2 Å². The van der Waals surface area contributed by atoms with Crippen LogP contribution < -0.4 is 10.6 Å². The molecular formula is C18H33N3S. The minimum atomic E-state index is 0.705. The molecule has 3 heterocycles. The zero-order chi connectivity index (χ0) is 15.4. The van der Waals surface area contributed by atoms with Crippen molar-refractivity contribution >= 4 is 17.3 Å². The highest BCUT2D eigenvalue weighted by atomic mass is 32.1. The maximum atomic E-state index is 5.48. The van der Waals surface area contributed by atoms with E-state index in [4.69, 9.17) is 12.2 Å². The summed E-state index contributed by atoms with van der Waals surface area (Å²) in [6.45, 7) is 7.07. The molecule has 4 atom stereocenters. The Kier molecular flexibility index (Phi) is 5.97. The summed E-state index contributed by atoms with van der Waals surface area (Å²) in [5, 5.41) is 7.82. The van der Waals surface area contributed by atoms with Gasteiger partial charge in [-0.1, -0.05) is 32.6 Å². The Labute approximate surface area is 141 Å². The molecule has 126 valence electrons. The molecule has 0 amide bonds. The molecule has 3 nitrogen and oxygen atoms in total. The van der Waals surface area contributed by atoms with Gasteiger partial charge in [-0.05, 0) is 62.2 Å². The van der Waals surface area contributed by atoms with E-state index in [9.17, 15) is 0 Å². The first-order chi connectivity index (χ1) is 10.8. The van der Waals surface area contributed by atoms with E-state index in [0.29, 0.717) is 6.04 Å². The zero-order valence-corrected chi connectivity index (χ0v) is 15.0. The van der Waals surface area contributed by atoms with E-state index in [1.165, 1.54) is 64.5 Å². The number of hydrogen-bond donors (Lipinski definition) is 2. The van der Waals surface area contributed by atoms with Gasteiger partial charge in [-0.25, -0.2) is 0 Å². The zero-order valence-electron chi connectivity index (χ0n) is 14.2. The van der Waals surface area contributed by atoms with Gasteiger partial charge in [-0.3, -0.25) is 4.90 Å². The van der Waals surface area contributed by atoms with Gasteiger partial charge in [0, 0.05) is 25.7 Å². The largest absolute Gasteiger partial charge is 0.362 e. The summed E-state index contributed by atoms with van der Waals surface area (Å²) >= 11 is 5.48. The maximum Gasteiger partial charge on any atom is 0.166 e. The number of fused-ring (bicyclic) bond motifs is 3. The Hall–Kier alpha value is -0.350. The molecular weight excluding hydrogens is 290 g/mol. The van der Waals surface area contributed by atoms with Crippen molar-refractivity contribution in [2.24, 2.45) is 17.8 Å². The summed E-state index contributed by atoms with van der Waals surface area (Å²) in [5.41, 5.74) is 0. The summed E-state index contributed by atoms with van der Waals surface area (Å²) in [4.78, 5) is 2.70. The Bertz CT molecular complexity index is 367. The molecule has 4 aliphatic rings. The summed E-state index contributed by atoms with van der Waals surface area (Å²) in [7, 11) is 0. The molecule has 0 aromatic carbocycles. The predicted molar refractivity (Wildman–Crippen MR) is 97.0 cm³/mol. The topological polar surface area (TPSA) is 27.3 Å². The fourth-order valence-corrected chi connectivity index (χ4v) is 4.99. The van der Waals surface area contributed by atoms with Crippen LogP contribution in [0.15, 0.2) is 0 Å². The van der Waals surface area contributed by atoms with Crippen molar-refractivity contribution in [1.29, 1.82) is 0 Å². The Morgan fingerprint density at radius 2 is 1.86 bits per heavy atom. The van der Waals surface area contributed by atoms with Crippen LogP contribution in [0.4, 0.5) is 0 Å². The van der Waals surface area contributed by atoms with Gasteiger partial charge in [0.15, 0.2) is 5.11 Å². The molecule has 1 saturated carbocycles. The van der Waals surface area contributed by atoms with Gasteiger partial charge in [-0.15, -0.1) is 0 Å². The first kappa shape index (κ1) is 16.5. The van der Waals surface area contributed by atoms with Gasteiger partial charge < -0.3 is 10.6 Å². The molecule has 4 unspecified atom stereocenters. The lowest BCUT2D eigenvalue weighted by molar-refractivity contribution is 0.00205. The van der Waals surface area contributed by atoms with Crippen molar-refractivity contribution in [2.75, 3.05) is 26.2 Å². The second-order valence-electron chi connectivity index (χ2n) is 7.70. The molecule has 0 aromatic heterocycles. The minimum absolute atomic E-state index is 0.705. The lowest BCUT2D eigenvalue weighted by atomic mass is 9.74. The van der Waals surface area contributed by atoms with E-state index < -0.39 is 0 Å². The Balaban J connectivity index is 1.35. The summed E-state index contributed by atoms with van der Waals surface area (Å²) < 4.78 is 0. The third kappa shape index (κ3) is 4.14. The van der Waals surface area contributed by atoms with Crippen molar-refractivity contribution in [1.82, 2.24) is 15.5 Å². The molecule has 2 bridgehead atoms. The van der Waals surface area contributed by atoms with Crippen molar-refractivity contribution in [3.63, 3.8) is 0 Å². The van der Waals surface area contributed by atoms with E-state index in [1.54, 1.807) is 0 Å². The monoisotopic (exact) mass is 323 g/mol. The fraction of sp³-hybridized carbons (Fsp3) is 0.944. The number of nitrogens with one attached hydrogen (secondary N) is 2. The summed E-state index contributed by atoms with van der Waals surface area (Å²) in [6, 6.07) is 0.705. The lowest BCUT2D eigenvalue weighted by Gasteiger charge is -2.50. The van der Waals surface area contributed by atoms with E-state index in [1.807, 2.05) is 0 Å². The molecule has 3 saturated heterocycles. The highest BCUT2D eigenvalue weighted by Crippen LogP contribution is 2.37. The molecule has 2 N–H and O–H groups in total. The standard InChI is InChI=1S/C18H33N3S/c1-2-15-13-21-9-8-16(15)10-17(21)12-20-18(22)19-11-14-6-4-3-5-7-14/h14-17H,2-13H2,1H3,(H2,19,20,22). The van der Waals surface area contributed by atoms with Gasteiger partial charge >= 0.3 is 0 Å². The van der Waals surface area contributed by atoms with Crippen LogP contribution in [0.5, 0.6) is 0 Å². The molecule has 0 aromatic rings. The Morgan fingerprint density at radius 1 is 1.09 bits per heavy atom. The van der Waals surface area contributed by atoms with Crippen molar-refractivity contribution in [2.45, 2.75) is 64.3 Å². The highest BCUT2D eigenvalue weighted by Gasteiger charge is 2.38. The van der Waals surface area contributed by atoms with Gasteiger partial charge in [-0.2, -0.15) is 0 Å². The summed E-state index contributed by atoms with van der Waals surface area (Å²) in [6.07, 6.45) is 11.1. The molecule has 4 heteroatoms.